The summed E-state index contributed by atoms with van der Waals surface area (Å²) in [6, 6.07) is 10.2. The largest absolute Gasteiger partial charge is 0.574 e. The lowest BCUT2D eigenvalue weighted by Crippen LogP contribution is -2.46. The summed E-state index contributed by atoms with van der Waals surface area (Å²) in [6.45, 7) is 2.96. The van der Waals surface area contributed by atoms with E-state index in [4.69, 9.17) is 24.5 Å². The van der Waals surface area contributed by atoms with Crippen molar-refractivity contribution in [1.29, 1.82) is 5.26 Å². The Morgan fingerprint density at radius 1 is 1.36 bits per heavy atom. The average molecular weight is 559 g/mol. The predicted octanol–water partition coefficient (Wildman–Crippen LogP) is 0.137. The van der Waals surface area contributed by atoms with Crippen molar-refractivity contribution in [1.82, 2.24) is 20.0 Å². The number of benzene rings is 1. The lowest BCUT2D eigenvalue weighted by Gasteiger charge is -2.24. The molecule has 39 heavy (non-hydrogen) atoms. The fourth-order valence-electron chi connectivity index (χ4n) is 3.83. The quantitative estimate of drug-likeness (QED) is 0.148. The molecule has 5 N–H and O–H groups in total. The number of hydrogen-bond acceptors (Lipinski definition) is 13. The van der Waals surface area contributed by atoms with Crippen molar-refractivity contribution in [2.45, 2.75) is 43.8 Å². The van der Waals surface area contributed by atoms with Gasteiger partial charge >= 0.3 is 14.1 Å². The van der Waals surface area contributed by atoms with E-state index >= 15 is 0 Å². The smallest absolute Gasteiger partial charge is 0.412 e. The molecule has 0 bridgehead atoms. The van der Waals surface area contributed by atoms with Crippen molar-refractivity contribution in [3.63, 3.8) is 0 Å². The van der Waals surface area contributed by atoms with E-state index < -0.39 is 50.7 Å². The Hall–Kier alpha value is -3.90. The number of aromatic nitrogens is 3. The number of aliphatic hydroxyl groups is 2. The molecule has 4 rings (SSSR count). The number of fused-ring (bicyclic) bond motifs is 1. The summed E-state index contributed by atoms with van der Waals surface area (Å²) in [5.41, 5.74) is 7.22. The Bertz CT molecular complexity index is 1400. The zero-order valence-electron chi connectivity index (χ0n) is 20.9. The number of hydrogen-bond donors (Lipinski definition) is 4. The molecule has 3 aromatic rings. The summed E-state index contributed by atoms with van der Waals surface area (Å²) in [5.74, 6) is 0.145. The minimum atomic E-state index is -2.54. The highest BCUT2D eigenvalue weighted by atomic mass is 31.1. The molecular formula is C23H26N7O8P. The Balaban J connectivity index is 1.39. The normalized spacial score (nSPS) is 23.8. The van der Waals surface area contributed by atoms with Crippen LogP contribution >= 0.6 is 8.17 Å². The highest BCUT2D eigenvalue weighted by Gasteiger charge is 2.56. The molecule has 6 atom stereocenters. The highest BCUT2D eigenvalue weighted by Crippen LogP contribution is 2.41. The first kappa shape index (κ1) is 28.1. The van der Waals surface area contributed by atoms with Gasteiger partial charge in [0.15, 0.2) is 11.6 Å². The molecular weight excluding hydrogens is 533 g/mol. The van der Waals surface area contributed by atoms with Gasteiger partial charge in [-0.1, -0.05) is 0 Å². The van der Waals surface area contributed by atoms with Gasteiger partial charge in [0.1, 0.15) is 54.6 Å². The Morgan fingerprint density at radius 3 is 2.77 bits per heavy atom. The van der Waals surface area contributed by atoms with E-state index in [9.17, 15) is 25.2 Å². The van der Waals surface area contributed by atoms with Gasteiger partial charge in [-0.05, 0) is 50.2 Å². The summed E-state index contributed by atoms with van der Waals surface area (Å²) < 4.78 is 23.0. The third kappa shape index (κ3) is 5.91. The first-order valence-corrected chi connectivity index (χ1v) is 12.9. The molecule has 16 heteroatoms. The van der Waals surface area contributed by atoms with E-state index in [0.29, 0.717) is 11.2 Å². The van der Waals surface area contributed by atoms with Crippen molar-refractivity contribution in [3.05, 3.63) is 48.4 Å². The van der Waals surface area contributed by atoms with Gasteiger partial charge in [0.05, 0.1) is 12.3 Å². The van der Waals surface area contributed by atoms with Crippen molar-refractivity contribution in [3.8, 4) is 17.6 Å². The van der Waals surface area contributed by atoms with Gasteiger partial charge in [-0.15, -0.1) is 0 Å². The van der Waals surface area contributed by atoms with Crippen molar-refractivity contribution in [2.75, 3.05) is 18.9 Å². The van der Waals surface area contributed by atoms with Crippen molar-refractivity contribution < 1.29 is 38.6 Å². The maximum Gasteiger partial charge on any atom is 0.412 e. The Morgan fingerprint density at radius 2 is 2.08 bits per heavy atom. The molecule has 1 aliphatic heterocycles. The van der Waals surface area contributed by atoms with Crippen LogP contribution in [0.3, 0.4) is 0 Å². The SMILES string of the molecule is CCOC(=O)[C@H](C)N/N=[P+](\[O-])Oc1ccc(OC[C@@]2(C#N)O[C@@H](c3ccc4c(N)ncnn34)[C@H](O)[C@@H]2O)cc1. The number of anilines is 1. The van der Waals surface area contributed by atoms with Gasteiger partial charge < -0.3 is 35.1 Å². The molecule has 0 saturated carbocycles. The molecule has 206 valence electrons. The van der Waals surface area contributed by atoms with Crippen LogP contribution in [0, 0.1) is 11.3 Å². The second kappa shape index (κ2) is 11.9. The lowest BCUT2D eigenvalue weighted by atomic mass is 9.96. The molecule has 1 fully saturated rings. The lowest BCUT2D eigenvalue weighted by molar-refractivity contribution is -0.169. The number of carbonyl (C=O) groups is 1. The van der Waals surface area contributed by atoms with Gasteiger partial charge in [-0.3, -0.25) is 9.32 Å². The van der Waals surface area contributed by atoms with E-state index in [1.165, 1.54) is 42.0 Å². The first-order valence-electron chi connectivity index (χ1n) is 11.7. The van der Waals surface area contributed by atoms with E-state index in [0.717, 1.165) is 0 Å². The number of nitrogens with one attached hydrogen (secondary N) is 1. The molecule has 0 aliphatic carbocycles. The average Bonchev–Trinajstić information content (AvgIpc) is 3.47. The standard InChI is InChI=1S/C23H26N7O8P/c1-3-35-22(33)13(2)28-29-39(34)38-15-6-4-14(5-7-15)36-11-23(10-24)20(32)18(31)19(37-23)16-8-9-17-21(25)26-12-27-30(16)17/h4-9,12-13,18-20,28,31-32H,3,11H2,1-2H3,(H2,25,26,27)/t13-,18-,19-,20-,23+/m0/s1. The number of esters is 1. The van der Waals surface area contributed by atoms with Crippen molar-refractivity contribution >= 4 is 25.5 Å². The van der Waals surface area contributed by atoms with Crippen LogP contribution in [0.1, 0.15) is 25.6 Å². The third-order valence-electron chi connectivity index (χ3n) is 5.87. The predicted molar refractivity (Wildman–Crippen MR) is 133 cm³/mol. The van der Waals surface area contributed by atoms with Crippen LogP contribution in [-0.2, 0) is 14.3 Å². The first-order chi connectivity index (χ1) is 18.7. The van der Waals surface area contributed by atoms with Gasteiger partial charge in [-0.2, -0.15) is 15.8 Å². The molecule has 1 unspecified atom stereocenters. The monoisotopic (exact) mass is 559 g/mol. The van der Waals surface area contributed by atoms with E-state index in [1.807, 2.05) is 6.07 Å². The number of nitriles is 1. The van der Waals surface area contributed by atoms with Crippen molar-refractivity contribution in [2.24, 2.45) is 4.85 Å². The summed E-state index contributed by atoms with van der Waals surface area (Å²) >= 11 is 0. The number of nitrogen functional groups attached to an aromatic ring is 1. The Labute approximate surface area is 223 Å². The number of aliphatic hydroxyl groups excluding tert-OH is 2. The number of carbonyl (C=O) groups excluding carboxylic acids is 1. The summed E-state index contributed by atoms with van der Waals surface area (Å²) in [4.78, 5) is 31.1. The summed E-state index contributed by atoms with van der Waals surface area (Å²) in [5, 5.41) is 35.4. The number of nitrogens with zero attached hydrogens (tertiary/aromatic N) is 5. The van der Waals surface area contributed by atoms with Crippen LogP contribution < -0.4 is 25.3 Å². The molecule has 15 nitrogen and oxygen atoms in total. The highest BCUT2D eigenvalue weighted by molar-refractivity contribution is 7.33. The fraction of sp³-hybridized carbons (Fsp3) is 0.391. The number of rotatable bonds is 10. The van der Waals surface area contributed by atoms with Gasteiger partial charge in [-0.25, -0.2) is 9.50 Å². The molecule has 1 aliphatic rings. The maximum atomic E-state index is 12.1. The van der Waals surface area contributed by atoms with Gasteiger partial charge in [0.25, 0.3) is 0 Å². The molecule has 0 radical (unpaired) electrons. The van der Waals surface area contributed by atoms with E-state index in [-0.39, 0.29) is 23.9 Å². The van der Waals surface area contributed by atoms with Crippen LogP contribution in [-0.4, -0.2) is 67.8 Å². The third-order valence-corrected chi connectivity index (χ3v) is 6.52. The number of nitrogens with two attached hydrogens (primary N) is 1. The minimum Gasteiger partial charge on any atom is -0.574 e. The van der Waals surface area contributed by atoms with E-state index in [1.54, 1.807) is 19.1 Å². The molecule has 1 aromatic carbocycles. The zero-order valence-corrected chi connectivity index (χ0v) is 21.8. The fourth-order valence-corrected chi connectivity index (χ4v) is 4.44. The number of ether oxygens (including phenoxy) is 3. The van der Waals surface area contributed by atoms with Crippen LogP contribution in [0.4, 0.5) is 5.82 Å². The Kier molecular flexibility index (Phi) is 8.56. The van der Waals surface area contributed by atoms with Crippen LogP contribution in [0.15, 0.2) is 47.6 Å². The molecule has 3 heterocycles. The van der Waals surface area contributed by atoms with Gasteiger partial charge in [0, 0.05) is 4.85 Å². The van der Waals surface area contributed by atoms with Gasteiger partial charge in [0.2, 0.25) is 5.60 Å². The minimum absolute atomic E-state index is 0.196. The second-order valence-electron chi connectivity index (χ2n) is 8.47. The maximum absolute atomic E-state index is 12.1. The topological polar surface area (TPSA) is 222 Å². The van der Waals surface area contributed by atoms with Crippen LogP contribution in [0.5, 0.6) is 11.5 Å². The molecule has 0 amide bonds. The van der Waals surface area contributed by atoms with Crippen LogP contribution in [0.2, 0.25) is 0 Å². The second-order valence-corrected chi connectivity index (χ2v) is 9.33. The molecule has 0 spiro atoms. The zero-order chi connectivity index (χ0) is 28.2. The molecule has 2 aromatic heterocycles. The molecule has 1 saturated heterocycles. The van der Waals surface area contributed by atoms with Crippen LogP contribution in [0.25, 0.3) is 5.52 Å². The van der Waals surface area contributed by atoms with E-state index in [2.05, 4.69) is 20.4 Å². The summed E-state index contributed by atoms with van der Waals surface area (Å²) in [6.07, 6.45) is -2.92. The summed E-state index contributed by atoms with van der Waals surface area (Å²) in [7, 11) is -2.54.